The molecule has 118 valence electrons. The second-order valence-electron chi connectivity index (χ2n) is 5.69. The van der Waals surface area contributed by atoms with Gasteiger partial charge in [0.05, 0.1) is 19.1 Å². The van der Waals surface area contributed by atoms with E-state index in [1.807, 2.05) is 0 Å². The second kappa shape index (κ2) is 5.72. The Morgan fingerprint density at radius 3 is 3.00 bits per heavy atom. The number of aromatic carboxylic acids is 1. The Labute approximate surface area is 125 Å². The highest BCUT2D eigenvalue weighted by molar-refractivity contribution is 5.84. The summed E-state index contributed by atoms with van der Waals surface area (Å²) in [5.41, 5.74) is 5.85. The van der Waals surface area contributed by atoms with Gasteiger partial charge in [0, 0.05) is 5.92 Å². The standard InChI is InChI=1S/C12H17N7O3/c1-7-3-2-4-18(5-7)6-8-9(12(20)21)14-17-19(8)11-10(13)15-22-16-11/h7H,2-6H2,1H3,(H2,13,15)(H,20,21)/t7-/m1/s1. The van der Waals surface area contributed by atoms with Crippen LogP contribution in [-0.4, -0.2) is 44.4 Å². The number of quaternary nitrogens is 1. The van der Waals surface area contributed by atoms with Gasteiger partial charge in [-0.25, -0.2) is 4.63 Å². The SMILES string of the molecule is C[C@@H]1CCC[NH+](Cc2c(C(=O)[O-])nnn2-c2nonc2N)C1. The maximum absolute atomic E-state index is 11.3. The zero-order valence-electron chi connectivity index (χ0n) is 12.2. The first-order valence-corrected chi connectivity index (χ1v) is 7.14. The third-order valence-electron chi connectivity index (χ3n) is 3.93. The van der Waals surface area contributed by atoms with Crippen molar-refractivity contribution < 1.29 is 19.4 Å². The first kappa shape index (κ1) is 14.4. The van der Waals surface area contributed by atoms with Crippen molar-refractivity contribution in [3.05, 3.63) is 11.4 Å². The molecule has 0 spiro atoms. The minimum Gasteiger partial charge on any atom is -0.543 e. The summed E-state index contributed by atoms with van der Waals surface area (Å²) in [6, 6.07) is 0. The molecule has 3 rings (SSSR count). The number of piperidine rings is 1. The summed E-state index contributed by atoms with van der Waals surface area (Å²) in [4.78, 5) is 12.5. The van der Waals surface area contributed by atoms with E-state index in [0.717, 1.165) is 19.5 Å². The van der Waals surface area contributed by atoms with Crippen LogP contribution in [0.4, 0.5) is 5.82 Å². The molecule has 2 atom stereocenters. The number of nitrogen functional groups attached to an aromatic ring is 1. The van der Waals surface area contributed by atoms with Gasteiger partial charge in [-0.1, -0.05) is 12.1 Å². The fourth-order valence-electron chi connectivity index (χ4n) is 2.92. The van der Waals surface area contributed by atoms with Gasteiger partial charge in [-0.2, -0.15) is 4.68 Å². The van der Waals surface area contributed by atoms with Crippen molar-refractivity contribution in [3.8, 4) is 5.82 Å². The van der Waals surface area contributed by atoms with E-state index >= 15 is 0 Å². The molecule has 10 nitrogen and oxygen atoms in total. The number of hydrogen-bond acceptors (Lipinski definition) is 8. The van der Waals surface area contributed by atoms with E-state index in [-0.39, 0.29) is 17.3 Å². The number of carboxylic acid groups (broad SMARTS) is 1. The van der Waals surface area contributed by atoms with Crippen LogP contribution in [0.3, 0.4) is 0 Å². The van der Waals surface area contributed by atoms with E-state index in [1.54, 1.807) is 0 Å². The Hall–Kier alpha value is -2.49. The summed E-state index contributed by atoms with van der Waals surface area (Å²) in [5.74, 6) is -0.614. The van der Waals surface area contributed by atoms with E-state index in [0.29, 0.717) is 18.2 Å². The molecule has 2 aromatic heterocycles. The molecule has 3 N–H and O–H groups in total. The lowest BCUT2D eigenvalue weighted by molar-refractivity contribution is -0.922. The Balaban J connectivity index is 1.95. The van der Waals surface area contributed by atoms with Gasteiger partial charge in [-0.15, -0.1) is 5.10 Å². The van der Waals surface area contributed by atoms with Gasteiger partial charge in [0.25, 0.3) is 0 Å². The smallest absolute Gasteiger partial charge is 0.243 e. The molecular weight excluding hydrogens is 290 g/mol. The van der Waals surface area contributed by atoms with Crippen LogP contribution in [0.15, 0.2) is 4.63 Å². The molecule has 0 amide bonds. The van der Waals surface area contributed by atoms with E-state index < -0.39 is 5.97 Å². The molecule has 1 saturated heterocycles. The molecule has 10 heteroatoms. The van der Waals surface area contributed by atoms with Crippen molar-refractivity contribution >= 4 is 11.8 Å². The maximum atomic E-state index is 11.3. The van der Waals surface area contributed by atoms with Crippen LogP contribution < -0.4 is 15.7 Å². The Bertz CT molecular complexity index is 680. The third-order valence-corrected chi connectivity index (χ3v) is 3.93. The number of anilines is 1. The summed E-state index contributed by atoms with van der Waals surface area (Å²) < 4.78 is 5.82. The first-order valence-electron chi connectivity index (χ1n) is 7.14. The van der Waals surface area contributed by atoms with Gasteiger partial charge >= 0.3 is 0 Å². The van der Waals surface area contributed by atoms with Crippen molar-refractivity contribution in [1.29, 1.82) is 0 Å². The number of nitrogens with zero attached hydrogens (tertiary/aromatic N) is 5. The lowest BCUT2D eigenvalue weighted by atomic mass is 10.0. The summed E-state index contributed by atoms with van der Waals surface area (Å²) in [5, 5.41) is 25.9. The average molecular weight is 307 g/mol. The number of carbonyl (C=O) groups is 1. The highest BCUT2D eigenvalue weighted by atomic mass is 16.6. The van der Waals surface area contributed by atoms with Crippen molar-refractivity contribution in [1.82, 2.24) is 25.3 Å². The van der Waals surface area contributed by atoms with E-state index in [1.165, 1.54) is 16.0 Å². The molecule has 2 aromatic rings. The quantitative estimate of drug-likeness (QED) is 0.627. The van der Waals surface area contributed by atoms with Crippen LogP contribution in [0.25, 0.3) is 5.82 Å². The molecule has 0 aromatic carbocycles. The Morgan fingerprint density at radius 1 is 1.55 bits per heavy atom. The molecule has 1 aliphatic rings. The summed E-state index contributed by atoms with van der Waals surface area (Å²) in [6.07, 6.45) is 2.29. The van der Waals surface area contributed by atoms with Crippen LogP contribution in [-0.2, 0) is 6.54 Å². The number of hydrogen-bond donors (Lipinski definition) is 2. The number of carbonyl (C=O) groups excluding carboxylic acids is 1. The van der Waals surface area contributed by atoms with Gasteiger partial charge in [0.15, 0.2) is 0 Å². The number of likely N-dealkylation sites (tertiary alicyclic amines) is 1. The predicted octanol–water partition coefficient (Wildman–Crippen LogP) is -2.59. The summed E-state index contributed by atoms with van der Waals surface area (Å²) in [6.45, 7) is 4.57. The van der Waals surface area contributed by atoms with Crippen LogP contribution in [0.5, 0.6) is 0 Å². The largest absolute Gasteiger partial charge is 0.543 e. The van der Waals surface area contributed by atoms with Crippen molar-refractivity contribution in [2.24, 2.45) is 5.92 Å². The topological polar surface area (TPSA) is 140 Å². The summed E-state index contributed by atoms with van der Waals surface area (Å²) in [7, 11) is 0. The molecule has 22 heavy (non-hydrogen) atoms. The van der Waals surface area contributed by atoms with Crippen molar-refractivity contribution in [2.75, 3.05) is 18.8 Å². The second-order valence-corrected chi connectivity index (χ2v) is 5.69. The highest BCUT2D eigenvalue weighted by Crippen LogP contribution is 2.15. The van der Waals surface area contributed by atoms with E-state index in [4.69, 9.17) is 5.73 Å². The zero-order valence-corrected chi connectivity index (χ0v) is 12.2. The van der Waals surface area contributed by atoms with Crippen LogP contribution in [0.1, 0.15) is 35.9 Å². The van der Waals surface area contributed by atoms with Crippen LogP contribution in [0, 0.1) is 5.92 Å². The Kier molecular flexibility index (Phi) is 3.75. The fourth-order valence-corrected chi connectivity index (χ4v) is 2.92. The fraction of sp³-hybridized carbons (Fsp3) is 0.583. The van der Waals surface area contributed by atoms with Gasteiger partial charge < -0.3 is 20.5 Å². The summed E-state index contributed by atoms with van der Waals surface area (Å²) >= 11 is 0. The van der Waals surface area contributed by atoms with Crippen LogP contribution in [0.2, 0.25) is 0 Å². The number of carboxylic acids is 1. The molecule has 1 unspecified atom stereocenters. The predicted molar refractivity (Wildman–Crippen MR) is 70.8 cm³/mol. The maximum Gasteiger partial charge on any atom is 0.243 e. The zero-order chi connectivity index (χ0) is 15.7. The van der Waals surface area contributed by atoms with Crippen molar-refractivity contribution in [3.63, 3.8) is 0 Å². The minimum atomic E-state index is -1.37. The highest BCUT2D eigenvalue weighted by Gasteiger charge is 2.26. The average Bonchev–Trinajstić information content (AvgIpc) is 3.05. The lowest BCUT2D eigenvalue weighted by Gasteiger charge is -2.27. The Morgan fingerprint density at radius 2 is 2.36 bits per heavy atom. The van der Waals surface area contributed by atoms with Crippen LogP contribution >= 0.6 is 0 Å². The minimum absolute atomic E-state index is 0.0260. The van der Waals surface area contributed by atoms with Gasteiger partial charge in [-0.05, 0) is 23.2 Å². The number of aromatic nitrogens is 5. The van der Waals surface area contributed by atoms with Gasteiger partial charge in [-0.3, -0.25) is 0 Å². The molecule has 0 bridgehead atoms. The van der Waals surface area contributed by atoms with E-state index in [2.05, 4.69) is 32.2 Å². The first-order chi connectivity index (χ1) is 10.6. The number of nitrogens with one attached hydrogen (secondary N) is 1. The molecular formula is C12H17N7O3. The molecule has 3 heterocycles. The lowest BCUT2D eigenvalue weighted by Crippen LogP contribution is -3.12. The molecule has 1 fully saturated rings. The molecule has 0 saturated carbocycles. The van der Waals surface area contributed by atoms with Gasteiger partial charge in [0.2, 0.25) is 11.6 Å². The third kappa shape index (κ3) is 2.64. The molecule has 1 aliphatic heterocycles. The molecule has 0 aliphatic carbocycles. The van der Waals surface area contributed by atoms with Crippen molar-refractivity contribution in [2.45, 2.75) is 26.3 Å². The number of nitrogens with two attached hydrogens (primary N) is 1. The number of rotatable bonds is 4. The molecule has 0 radical (unpaired) electrons. The normalized spacial score (nSPS) is 21.9. The van der Waals surface area contributed by atoms with Gasteiger partial charge in [0.1, 0.15) is 17.9 Å². The monoisotopic (exact) mass is 307 g/mol. The van der Waals surface area contributed by atoms with E-state index in [9.17, 15) is 9.90 Å².